The zero-order valence-electron chi connectivity index (χ0n) is 7.88. The molecule has 0 aromatic rings. The van der Waals surface area contributed by atoms with Gasteiger partial charge in [0.05, 0.1) is 12.5 Å². The van der Waals surface area contributed by atoms with Crippen LogP contribution >= 0.6 is 11.6 Å². The lowest BCUT2D eigenvalue weighted by Gasteiger charge is -2.24. The Morgan fingerprint density at radius 2 is 2.23 bits per heavy atom. The van der Waals surface area contributed by atoms with Crippen LogP contribution in [0.15, 0.2) is 0 Å². The van der Waals surface area contributed by atoms with Gasteiger partial charge in [0.2, 0.25) is 0 Å². The van der Waals surface area contributed by atoms with E-state index in [1.165, 1.54) is 0 Å². The van der Waals surface area contributed by atoms with E-state index >= 15 is 0 Å². The maximum absolute atomic E-state index is 11.3. The van der Waals surface area contributed by atoms with Crippen LogP contribution in [-0.4, -0.2) is 30.5 Å². The van der Waals surface area contributed by atoms with Crippen molar-refractivity contribution in [3.63, 3.8) is 0 Å². The molecule has 0 amide bonds. The monoisotopic (exact) mass is 208 g/mol. The van der Waals surface area contributed by atoms with E-state index in [9.17, 15) is 4.79 Å². The van der Waals surface area contributed by atoms with Crippen LogP contribution in [0.4, 0.5) is 0 Å². The molecule has 0 rings (SSSR count). The fourth-order valence-corrected chi connectivity index (χ4v) is 1.16. The van der Waals surface area contributed by atoms with E-state index in [1.54, 1.807) is 6.92 Å². The van der Waals surface area contributed by atoms with Gasteiger partial charge in [-0.15, -0.1) is 11.6 Å². The van der Waals surface area contributed by atoms with Crippen molar-refractivity contribution >= 4 is 17.6 Å². The number of ether oxygens (including phenoxy) is 1. The first-order valence-corrected chi connectivity index (χ1v) is 4.86. The molecular weight excluding hydrogens is 192 g/mol. The quantitative estimate of drug-likeness (QED) is 0.484. The van der Waals surface area contributed by atoms with Gasteiger partial charge in [0, 0.05) is 0 Å². The largest absolute Gasteiger partial charge is 0.465 e. The summed E-state index contributed by atoms with van der Waals surface area (Å²) in [6.45, 7) is 2.54. The van der Waals surface area contributed by atoms with Gasteiger partial charge < -0.3 is 16.2 Å². The molecule has 0 spiro atoms. The Bertz CT molecular complexity index is 166. The lowest BCUT2D eigenvalue weighted by Crippen LogP contribution is -2.51. The summed E-state index contributed by atoms with van der Waals surface area (Å²) >= 11 is 5.61. The molecule has 0 aromatic heterocycles. The molecule has 0 aliphatic heterocycles. The summed E-state index contributed by atoms with van der Waals surface area (Å²) in [5.74, 6) is -0.385. The number of rotatable bonds is 6. The molecule has 5 heteroatoms. The molecule has 1 atom stereocenters. The summed E-state index contributed by atoms with van der Waals surface area (Å²) in [6, 6.07) is 0. The van der Waals surface area contributed by atoms with Crippen molar-refractivity contribution in [2.45, 2.75) is 25.3 Å². The van der Waals surface area contributed by atoms with Crippen molar-refractivity contribution in [3.8, 4) is 0 Å². The first-order chi connectivity index (χ1) is 6.10. The molecule has 0 unspecified atom stereocenters. The van der Waals surface area contributed by atoms with E-state index in [2.05, 4.69) is 0 Å². The van der Waals surface area contributed by atoms with E-state index in [1.807, 2.05) is 0 Å². The van der Waals surface area contributed by atoms with Crippen molar-refractivity contribution in [1.82, 2.24) is 0 Å². The molecule has 78 valence electrons. The number of halogens is 1. The highest BCUT2D eigenvalue weighted by Gasteiger charge is 2.33. The van der Waals surface area contributed by atoms with E-state index in [4.69, 9.17) is 27.8 Å². The third kappa shape index (κ3) is 3.93. The molecule has 0 saturated heterocycles. The van der Waals surface area contributed by atoms with Crippen LogP contribution in [0.25, 0.3) is 0 Å². The van der Waals surface area contributed by atoms with Gasteiger partial charge in [0.1, 0.15) is 5.54 Å². The molecular formula is C8H17ClN2O2. The van der Waals surface area contributed by atoms with Gasteiger partial charge >= 0.3 is 5.97 Å². The highest BCUT2D eigenvalue weighted by Crippen LogP contribution is 2.13. The van der Waals surface area contributed by atoms with E-state index in [0.717, 1.165) is 0 Å². The SMILES string of the molecule is CCOC(=O)[C@@](N)(CCl)CCCN. The Kier molecular flexibility index (Phi) is 6.03. The Labute approximate surface area is 83.6 Å². The highest BCUT2D eigenvalue weighted by atomic mass is 35.5. The average molecular weight is 209 g/mol. The highest BCUT2D eigenvalue weighted by molar-refractivity contribution is 6.20. The molecule has 0 heterocycles. The standard InChI is InChI=1S/C8H17ClN2O2/c1-2-13-7(12)8(11,6-9)4-3-5-10/h2-6,10-11H2,1H3/t8-/m0/s1. The number of carbonyl (C=O) groups excluding carboxylic acids is 1. The Balaban J connectivity index is 4.16. The van der Waals surface area contributed by atoms with Gasteiger partial charge in [-0.2, -0.15) is 0 Å². The Morgan fingerprint density at radius 3 is 2.62 bits per heavy atom. The zero-order valence-corrected chi connectivity index (χ0v) is 8.64. The third-order valence-corrected chi connectivity index (χ3v) is 2.22. The summed E-state index contributed by atoms with van der Waals surface area (Å²) in [5, 5.41) is 0. The molecule has 4 nitrogen and oxygen atoms in total. The Hall–Kier alpha value is -0.320. The van der Waals surface area contributed by atoms with Gasteiger partial charge in [-0.25, -0.2) is 0 Å². The van der Waals surface area contributed by atoms with Crippen molar-refractivity contribution in [2.75, 3.05) is 19.0 Å². The summed E-state index contributed by atoms with van der Waals surface area (Å²) in [7, 11) is 0. The molecule has 0 fully saturated rings. The maximum Gasteiger partial charge on any atom is 0.327 e. The van der Waals surface area contributed by atoms with Gasteiger partial charge in [0.15, 0.2) is 0 Å². The minimum absolute atomic E-state index is 0.0613. The second kappa shape index (κ2) is 6.18. The number of hydrogen-bond donors (Lipinski definition) is 2. The number of hydrogen-bond acceptors (Lipinski definition) is 4. The summed E-state index contributed by atoms with van der Waals surface area (Å²) in [4.78, 5) is 11.3. The minimum atomic E-state index is -1.07. The number of nitrogens with two attached hydrogens (primary N) is 2. The van der Waals surface area contributed by atoms with E-state index < -0.39 is 11.5 Å². The van der Waals surface area contributed by atoms with E-state index in [0.29, 0.717) is 26.0 Å². The second-order valence-electron chi connectivity index (χ2n) is 2.90. The molecule has 0 aliphatic rings. The first-order valence-electron chi connectivity index (χ1n) is 4.33. The van der Waals surface area contributed by atoms with Crippen molar-refractivity contribution in [1.29, 1.82) is 0 Å². The number of esters is 1. The van der Waals surface area contributed by atoms with Crippen LogP contribution in [-0.2, 0) is 9.53 Å². The molecule has 0 aliphatic carbocycles. The third-order valence-electron chi connectivity index (χ3n) is 1.75. The summed E-state index contributed by atoms with van der Waals surface area (Å²) in [5.41, 5.74) is 9.99. The fraction of sp³-hybridized carbons (Fsp3) is 0.875. The predicted molar refractivity (Wildman–Crippen MR) is 52.6 cm³/mol. The van der Waals surface area contributed by atoms with Gasteiger partial charge in [-0.1, -0.05) is 0 Å². The number of carbonyl (C=O) groups is 1. The van der Waals surface area contributed by atoms with Gasteiger partial charge in [-0.05, 0) is 26.3 Å². The second-order valence-corrected chi connectivity index (χ2v) is 3.17. The minimum Gasteiger partial charge on any atom is -0.465 e. The number of alkyl halides is 1. The smallest absolute Gasteiger partial charge is 0.327 e. The summed E-state index contributed by atoms with van der Waals surface area (Å²) in [6.07, 6.45) is 1.13. The van der Waals surface area contributed by atoms with E-state index in [-0.39, 0.29) is 5.88 Å². The van der Waals surface area contributed by atoms with Crippen molar-refractivity contribution < 1.29 is 9.53 Å². The average Bonchev–Trinajstić information content (AvgIpc) is 2.14. The molecule has 0 bridgehead atoms. The normalized spacial score (nSPS) is 15.1. The van der Waals surface area contributed by atoms with Crippen LogP contribution in [0.2, 0.25) is 0 Å². The van der Waals surface area contributed by atoms with Crippen LogP contribution in [0.1, 0.15) is 19.8 Å². The maximum atomic E-state index is 11.3. The summed E-state index contributed by atoms with van der Waals surface area (Å²) < 4.78 is 4.81. The lowest BCUT2D eigenvalue weighted by atomic mass is 9.97. The van der Waals surface area contributed by atoms with Crippen molar-refractivity contribution in [2.24, 2.45) is 11.5 Å². The van der Waals surface area contributed by atoms with Gasteiger partial charge in [0.25, 0.3) is 0 Å². The molecule has 4 N–H and O–H groups in total. The van der Waals surface area contributed by atoms with Gasteiger partial charge in [-0.3, -0.25) is 4.79 Å². The molecule has 0 radical (unpaired) electrons. The zero-order chi connectivity index (χ0) is 10.3. The van der Waals surface area contributed by atoms with Crippen LogP contribution in [0.3, 0.4) is 0 Å². The van der Waals surface area contributed by atoms with Crippen LogP contribution in [0, 0.1) is 0 Å². The topological polar surface area (TPSA) is 78.3 Å². The van der Waals surface area contributed by atoms with Crippen molar-refractivity contribution in [3.05, 3.63) is 0 Å². The Morgan fingerprint density at radius 1 is 1.62 bits per heavy atom. The fourth-order valence-electron chi connectivity index (χ4n) is 0.916. The predicted octanol–water partition coefficient (Wildman–Crippen LogP) is 0.225. The van der Waals surface area contributed by atoms with Crippen LogP contribution < -0.4 is 11.5 Å². The molecule has 0 saturated carbocycles. The lowest BCUT2D eigenvalue weighted by molar-refractivity contribution is -0.149. The molecule has 13 heavy (non-hydrogen) atoms. The first kappa shape index (κ1) is 12.7. The van der Waals surface area contributed by atoms with Crippen LogP contribution in [0.5, 0.6) is 0 Å². The molecule has 0 aromatic carbocycles.